The van der Waals surface area contributed by atoms with Crippen molar-refractivity contribution in [1.82, 2.24) is 10.2 Å². The minimum atomic E-state index is 0.314. The Kier molecular flexibility index (Phi) is 4.66. The molecule has 0 spiro atoms. The van der Waals surface area contributed by atoms with Gasteiger partial charge < -0.3 is 5.32 Å². The molecule has 1 saturated carbocycles. The Morgan fingerprint density at radius 3 is 2.76 bits per heavy atom. The summed E-state index contributed by atoms with van der Waals surface area (Å²) >= 11 is 7.83. The van der Waals surface area contributed by atoms with E-state index in [0.717, 1.165) is 29.3 Å². The number of nitrogens with zero attached hydrogens (tertiary/aromatic N) is 1. The molecule has 2 unspecified atom stereocenters. The third-order valence-corrected chi connectivity index (χ3v) is 6.22. The van der Waals surface area contributed by atoms with Crippen LogP contribution in [-0.2, 0) is 6.54 Å². The minimum Gasteiger partial charge on any atom is -0.308 e. The van der Waals surface area contributed by atoms with E-state index in [1.807, 2.05) is 6.07 Å². The predicted octanol–water partition coefficient (Wildman–Crippen LogP) is 4.39. The van der Waals surface area contributed by atoms with Gasteiger partial charge in [-0.25, -0.2) is 0 Å². The largest absolute Gasteiger partial charge is 0.308 e. The Morgan fingerprint density at radius 1 is 1.43 bits per heavy atom. The van der Waals surface area contributed by atoms with Crippen LogP contribution in [0.4, 0.5) is 0 Å². The number of rotatable bonds is 5. The average molecular weight is 327 g/mol. The van der Waals surface area contributed by atoms with Crippen LogP contribution in [0.15, 0.2) is 12.1 Å². The van der Waals surface area contributed by atoms with Gasteiger partial charge in [0, 0.05) is 36.1 Å². The maximum atomic E-state index is 6.10. The zero-order chi connectivity index (χ0) is 15.0. The number of nitrogens with one attached hydrogen (secondary N) is 1. The zero-order valence-electron chi connectivity index (χ0n) is 13.4. The first kappa shape index (κ1) is 15.8. The van der Waals surface area contributed by atoms with Crippen LogP contribution in [0, 0.1) is 11.8 Å². The van der Waals surface area contributed by atoms with Gasteiger partial charge in [0.05, 0.1) is 4.34 Å². The summed E-state index contributed by atoms with van der Waals surface area (Å²) in [5, 5.41) is 3.87. The fraction of sp³-hybridized carbons (Fsp3) is 0.765. The molecule has 1 aromatic rings. The maximum Gasteiger partial charge on any atom is 0.0931 e. The molecule has 0 amide bonds. The highest BCUT2D eigenvalue weighted by atomic mass is 35.5. The van der Waals surface area contributed by atoms with Crippen LogP contribution in [0.3, 0.4) is 0 Å². The van der Waals surface area contributed by atoms with E-state index in [4.69, 9.17) is 11.6 Å². The molecule has 4 heteroatoms. The molecule has 1 aromatic heterocycles. The highest BCUT2D eigenvalue weighted by Gasteiger charge is 2.45. The zero-order valence-corrected chi connectivity index (χ0v) is 14.9. The van der Waals surface area contributed by atoms with Crippen molar-refractivity contribution < 1.29 is 0 Å². The predicted molar refractivity (Wildman–Crippen MR) is 92.1 cm³/mol. The van der Waals surface area contributed by atoms with Crippen LogP contribution >= 0.6 is 22.9 Å². The quantitative estimate of drug-likeness (QED) is 0.863. The summed E-state index contributed by atoms with van der Waals surface area (Å²) in [5.74, 6) is 1.63. The van der Waals surface area contributed by atoms with Crippen molar-refractivity contribution in [2.24, 2.45) is 11.8 Å². The van der Waals surface area contributed by atoms with E-state index >= 15 is 0 Å². The standard InChI is InChI=1S/C17H27ClN2S/c1-12(2)8-14-9-19-17(3,13-4-5-13)11-20(14)10-15-6-7-16(18)21-15/h6-7,12-14,19H,4-5,8-11H2,1-3H3. The lowest BCUT2D eigenvalue weighted by atomic mass is 9.89. The van der Waals surface area contributed by atoms with Gasteiger partial charge >= 0.3 is 0 Å². The lowest BCUT2D eigenvalue weighted by molar-refractivity contribution is 0.0590. The van der Waals surface area contributed by atoms with Crippen LogP contribution in [0.5, 0.6) is 0 Å². The second-order valence-corrected chi connectivity index (χ2v) is 9.27. The minimum absolute atomic E-state index is 0.314. The van der Waals surface area contributed by atoms with Crippen LogP contribution in [-0.4, -0.2) is 29.6 Å². The summed E-state index contributed by atoms with van der Waals surface area (Å²) in [7, 11) is 0. The molecule has 2 atom stereocenters. The lowest BCUT2D eigenvalue weighted by Gasteiger charge is -2.47. The third kappa shape index (κ3) is 3.82. The highest BCUT2D eigenvalue weighted by molar-refractivity contribution is 7.16. The summed E-state index contributed by atoms with van der Waals surface area (Å²) < 4.78 is 0.908. The van der Waals surface area contributed by atoms with Crippen molar-refractivity contribution in [2.45, 2.75) is 58.2 Å². The van der Waals surface area contributed by atoms with Crippen LogP contribution in [0.2, 0.25) is 4.34 Å². The van der Waals surface area contributed by atoms with Gasteiger partial charge in [0.25, 0.3) is 0 Å². The Bertz CT molecular complexity index is 483. The lowest BCUT2D eigenvalue weighted by Crippen LogP contribution is -2.63. The monoisotopic (exact) mass is 326 g/mol. The van der Waals surface area contributed by atoms with Crippen molar-refractivity contribution in [3.05, 3.63) is 21.3 Å². The average Bonchev–Trinajstić information content (AvgIpc) is 3.18. The Morgan fingerprint density at radius 2 is 2.19 bits per heavy atom. The van der Waals surface area contributed by atoms with Crippen LogP contribution in [0.1, 0.15) is 44.9 Å². The van der Waals surface area contributed by atoms with Gasteiger partial charge in [0.2, 0.25) is 0 Å². The van der Waals surface area contributed by atoms with E-state index in [1.54, 1.807) is 11.3 Å². The highest BCUT2D eigenvalue weighted by Crippen LogP contribution is 2.42. The molecule has 1 aliphatic carbocycles. The topological polar surface area (TPSA) is 15.3 Å². The molecular formula is C17H27ClN2S. The Hall–Kier alpha value is -0.0900. The fourth-order valence-electron chi connectivity index (χ4n) is 3.68. The van der Waals surface area contributed by atoms with Gasteiger partial charge in [-0.3, -0.25) is 4.90 Å². The first-order chi connectivity index (χ1) is 9.96. The van der Waals surface area contributed by atoms with Gasteiger partial charge in [-0.2, -0.15) is 0 Å². The molecule has 21 heavy (non-hydrogen) atoms. The molecule has 0 radical (unpaired) electrons. The molecule has 1 N–H and O–H groups in total. The van der Waals surface area contributed by atoms with Gasteiger partial charge in [-0.1, -0.05) is 25.4 Å². The first-order valence-electron chi connectivity index (χ1n) is 8.19. The molecular weight excluding hydrogens is 300 g/mol. The second-order valence-electron chi connectivity index (χ2n) is 7.47. The number of halogens is 1. The molecule has 3 rings (SSSR count). The molecule has 2 heterocycles. The Labute approximate surface area is 137 Å². The summed E-state index contributed by atoms with van der Waals surface area (Å²) in [6, 6.07) is 4.87. The SMILES string of the molecule is CC(C)CC1CNC(C)(C2CC2)CN1Cc1ccc(Cl)s1. The molecule has 2 fully saturated rings. The number of hydrogen-bond acceptors (Lipinski definition) is 3. The van der Waals surface area contributed by atoms with Gasteiger partial charge in [0.15, 0.2) is 0 Å². The molecule has 1 saturated heterocycles. The maximum absolute atomic E-state index is 6.10. The number of thiophene rings is 1. The normalized spacial score (nSPS) is 31.0. The van der Waals surface area contributed by atoms with Crippen LogP contribution < -0.4 is 5.32 Å². The van der Waals surface area contributed by atoms with Crippen molar-refractivity contribution in [2.75, 3.05) is 13.1 Å². The molecule has 2 aliphatic rings. The third-order valence-electron chi connectivity index (χ3n) is 5.00. The van der Waals surface area contributed by atoms with Gasteiger partial charge in [-0.05, 0) is 50.2 Å². The fourth-order valence-corrected chi connectivity index (χ4v) is 4.79. The van der Waals surface area contributed by atoms with E-state index in [0.29, 0.717) is 11.6 Å². The van der Waals surface area contributed by atoms with Crippen LogP contribution in [0.25, 0.3) is 0 Å². The van der Waals surface area contributed by atoms with Crippen molar-refractivity contribution in [1.29, 1.82) is 0 Å². The summed E-state index contributed by atoms with van der Waals surface area (Å²) in [6.07, 6.45) is 4.07. The smallest absolute Gasteiger partial charge is 0.0931 e. The second kappa shape index (κ2) is 6.19. The summed E-state index contributed by atoms with van der Waals surface area (Å²) in [6.45, 7) is 10.4. The van der Waals surface area contributed by atoms with Gasteiger partial charge in [-0.15, -0.1) is 11.3 Å². The summed E-state index contributed by atoms with van der Waals surface area (Å²) in [5.41, 5.74) is 0.314. The molecule has 0 aromatic carbocycles. The van der Waals surface area contributed by atoms with Crippen molar-refractivity contribution in [3.63, 3.8) is 0 Å². The Balaban J connectivity index is 1.72. The molecule has 118 valence electrons. The number of piperazine rings is 1. The van der Waals surface area contributed by atoms with E-state index in [2.05, 4.69) is 37.1 Å². The van der Waals surface area contributed by atoms with Crippen molar-refractivity contribution in [3.8, 4) is 0 Å². The van der Waals surface area contributed by atoms with Gasteiger partial charge in [0.1, 0.15) is 0 Å². The van der Waals surface area contributed by atoms with E-state index in [9.17, 15) is 0 Å². The van der Waals surface area contributed by atoms with Crippen molar-refractivity contribution >= 4 is 22.9 Å². The molecule has 2 nitrogen and oxygen atoms in total. The molecule has 1 aliphatic heterocycles. The van der Waals surface area contributed by atoms with E-state index in [-0.39, 0.29) is 0 Å². The number of hydrogen-bond donors (Lipinski definition) is 1. The first-order valence-corrected chi connectivity index (χ1v) is 9.39. The molecule has 0 bridgehead atoms. The summed E-state index contributed by atoms with van der Waals surface area (Å²) in [4.78, 5) is 4.10. The van der Waals surface area contributed by atoms with E-state index < -0.39 is 0 Å². The van der Waals surface area contributed by atoms with E-state index in [1.165, 1.54) is 30.7 Å².